The van der Waals surface area contributed by atoms with Gasteiger partial charge in [0.2, 0.25) is 0 Å². The van der Waals surface area contributed by atoms with Gasteiger partial charge in [0.25, 0.3) is 0 Å². The predicted molar refractivity (Wildman–Crippen MR) is 68.4 cm³/mol. The van der Waals surface area contributed by atoms with Crippen LogP contribution in [0.1, 0.15) is 27.7 Å². The maximum absolute atomic E-state index is 9.50. The van der Waals surface area contributed by atoms with Crippen molar-refractivity contribution in [2.45, 2.75) is 27.7 Å². The van der Waals surface area contributed by atoms with Crippen LogP contribution in [0.15, 0.2) is 49.6 Å². The third kappa shape index (κ3) is 128. The standard InChI is InChI=1S/C7H10.C3H6.C2H6.CH3F/c1-4-5-6-7(2)3;1-3-2;2*1-2/h4-6H,1-2H2,3H3;3H,1H2,2H3;1-2H3;1H3/b6-5-;;;. The second kappa shape index (κ2) is 40.6. The Kier molecular flexibility index (Phi) is 66.9. The number of alkyl halides is 1. The highest BCUT2D eigenvalue weighted by Crippen LogP contribution is 1.86. The largest absolute Gasteiger partial charge is 0.255 e. The average Bonchev–Trinajstić information content (AvgIpc) is 2.22. The van der Waals surface area contributed by atoms with E-state index in [4.69, 9.17) is 0 Å². The zero-order valence-electron chi connectivity index (χ0n) is 10.3. The molecule has 0 heterocycles. The highest BCUT2D eigenvalue weighted by Gasteiger charge is 1.65. The summed E-state index contributed by atoms with van der Waals surface area (Å²) in [5.74, 6) is 0. The third-order valence-electron chi connectivity index (χ3n) is 0.517. The van der Waals surface area contributed by atoms with Crippen molar-refractivity contribution in [1.29, 1.82) is 0 Å². The first-order valence-corrected chi connectivity index (χ1v) is 4.58. The summed E-state index contributed by atoms with van der Waals surface area (Å²) in [6.07, 6.45) is 7.25. The molecule has 0 bridgehead atoms. The van der Waals surface area contributed by atoms with E-state index in [9.17, 15) is 4.39 Å². The van der Waals surface area contributed by atoms with Crippen LogP contribution in [0.2, 0.25) is 0 Å². The molecule has 0 aromatic rings. The van der Waals surface area contributed by atoms with Gasteiger partial charge in [0, 0.05) is 0 Å². The first-order chi connectivity index (χ1) is 6.68. The number of hydrogen-bond acceptors (Lipinski definition) is 0. The van der Waals surface area contributed by atoms with E-state index < -0.39 is 0 Å². The molecular weight excluding hydrogens is 175 g/mol. The molecule has 0 radical (unpaired) electrons. The molecule has 0 N–H and O–H groups in total. The fraction of sp³-hybridized carbons (Fsp3) is 0.385. The summed E-state index contributed by atoms with van der Waals surface area (Å²) in [6.45, 7) is 18.4. The molecule has 0 saturated carbocycles. The van der Waals surface area contributed by atoms with E-state index in [1.165, 1.54) is 0 Å². The van der Waals surface area contributed by atoms with E-state index in [1.54, 1.807) is 12.2 Å². The predicted octanol–water partition coefficient (Wildman–Crippen LogP) is 5.11. The van der Waals surface area contributed by atoms with Crippen molar-refractivity contribution in [3.63, 3.8) is 0 Å². The van der Waals surface area contributed by atoms with Gasteiger partial charge in [0.05, 0.1) is 7.18 Å². The Bertz CT molecular complexity index is 132. The molecule has 0 aromatic heterocycles. The van der Waals surface area contributed by atoms with Crippen LogP contribution < -0.4 is 0 Å². The second-order valence-electron chi connectivity index (χ2n) is 1.85. The SMILES string of the molecule is C=C/C=C\C(=C)C.C=CC.CC.CF. The molecule has 0 aliphatic heterocycles. The summed E-state index contributed by atoms with van der Waals surface area (Å²) in [5.41, 5.74) is 1.06. The van der Waals surface area contributed by atoms with Crippen molar-refractivity contribution in [3.05, 3.63) is 49.6 Å². The van der Waals surface area contributed by atoms with Crippen LogP contribution in [0.25, 0.3) is 0 Å². The van der Waals surface area contributed by atoms with Crippen molar-refractivity contribution < 1.29 is 4.39 Å². The minimum absolute atomic E-state index is 0.500. The lowest BCUT2D eigenvalue weighted by molar-refractivity contribution is 0.636. The van der Waals surface area contributed by atoms with Gasteiger partial charge in [-0.05, 0) is 13.8 Å². The number of allylic oxidation sites excluding steroid dienone is 5. The molecule has 0 atom stereocenters. The van der Waals surface area contributed by atoms with E-state index in [0.29, 0.717) is 7.18 Å². The molecule has 84 valence electrons. The van der Waals surface area contributed by atoms with Gasteiger partial charge >= 0.3 is 0 Å². The quantitative estimate of drug-likeness (QED) is 0.429. The van der Waals surface area contributed by atoms with Gasteiger partial charge in [0.1, 0.15) is 0 Å². The van der Waals surface area contributed by atoms with Gasteiger partial charge in [-0.25, -0.2) is 0 Å². The second-order valence-corrected chi connectivity index (χ2v) is 1.85. The van der Waals surface area contributed by atoms with Crippen LogP contribution >= 0.6 is 0 Å². The zero-order chi connectivity index (χ0) is 12.4. The summed E-state index contributed by atoms with van der Waals surface area (Å²) < 4.78 is 9.50. The topological polar surface area (TPSA) is 0 Å². The summed E-state index contributed by atoms with van der Waals surface area (Å²) >= 11 is 0. The minimum Gasteiger partial charge on any atom is -0.255 e. The molecule has 0 nitrogen and oxygen atoms in total. The summed E-state index contributed by atoms with van der Waals surface area (Å²) in [4.78, 5) is 0. The van der Waals surface area contributed by atoms with E-state index in [1.807, 2.05) is 39.8 Å². The number of hydrogen-bond donors (Lipinski definition) is 0. The van der Waals surface area contributed by atoms with Crippen LogP contribution in [-0.2, 0) is 0 Å². The molecule has 0 spiro atoms. The average molecular weight is 200 g/mol. The van der Waals surface area contributed by atoms with Crippen LogP contribution in [0.4, 0.5) is 4.39 Å². The Morgan fingerprint density at radius 3 is 1.50 bits per heavy atom. The van der Waals surface area contributed by atoms with Crippen LogP contribution in [-0.4, -0.2) is 7.18 Å². The van der Waals surface area contributed by atoms with E-state index in [-0.39, 0.29) is 0 Å². The van der Waals surface area contributed by atoms with Gasteiger partial charge in [-0.1, -0.05) is 56.9 Å². The molecular formula is C13H25F. The molecule has 0 aliphatic carbocycles. The molecule has 0 unspecified atom stereocenters. The fourth-order valence-corrected chi connectivity index (χ4v) is 0.232. The fourth-order valence-electron chi connectivity index (χ4n) is 0.232. The van der Waals surface area contributed by atoms with E-state index in [2.05, 4.69) is 19.7 Å². The van der Waals surface area contributed by atoms with Crippen LogP contribution in [0.5, 0.6) is 0 Å². The highest BCUT2D eigenvalue weighted by atomic mass is 19.1. The van der Waals surface area contributed by atoms with E-state index in [0.717, 1.165) is 5.57 Å². The molecule has 0 saturated heterocycles. The molecule has 1 heteroatoms. The van der Waals surface area contributed by atoms with Crippen LogP contribution in [0.3, 0.4) is 0 Å². The lowest BCUT2D eigenvalue weighted by Crippen LogP contribution is -1.55. The van der Waals surface area contributed by atoms with Gasteiger partial charge in [-0.3, -0.25) is 4.39 Å². The van der Waals surface area contributed by atoms with Gasteiger partial charge in [0.15, 0.2) is 0 Å². The zero-order valence-corrected chi connectivity index (χ0v) is 10.3. The Morgan fingerprint density at radius 2 is 1.43 bits per heavy atom. The van der Waals surface area contributed by atoms with Gasteiger partial charge in [-0.2, -0.15) is 0 Å². The number of rotatable bonds is 2. The maximum Gasteiger partial charge on any atom is 0.0785 e. The van der Waals surface area contributed by atoms with E-state index >= 15 is 0 Å². The van der Waals surface area contributed by atoms with Gasteiger partial charge in [-0.15, -0.1) is 6.58 Å². The molecule has 0 rings (SSSR count). The summed E-state index contributed by atoms with van der Waals surface area (Å²) in [7, 11) is 0.500. The molecule has 0 aromatic carbocycles. The molecule has 0 fully saturated rings. The Labute approximate surface area is 89.5 Å². The first kappa shape index (κ1) is 23.1. The normalized spacial score (nSPS) is 6.43. The third-order valence-corrected chi connectivity index (χ3v) is 0.517. The summed E-state index contributed by atoms with van der Waals surface area (Å²) in [6, 6.07) is 0. The highest BCUT2D eigenvalue weighted by molar-refractivity contribution is 5.15. The van der Waals surface area contributed by atoms with Crippen molar-refractivity contribution >= 4 is 0 Å². The Hall–Kier alpha value is -1.11. The minimum atomic E-state index is 0.500. The monoisotopic (exact) mass is 200 g/mol. The van der Waals surface area contributed by atoms with Crippen molar-refractivity contribution in [2.75, 3.05) is 7.18 Å². The number of halogens is 1. The van der Waals surface area contributed by atoms with Crippen LogP contribution in [0, 0.1) is 0 Å². The van der Waals surface area contributed by atoms with Crippen molar-refractivity contribution in [3.8, 4) is 0 Å². The smallest absolute Gasteiger partial charge is 0.0785 e. The lowest BCUT2D eigenvalue weighted by Gasteiger charge is -1.77. The Balaban J connectivity index is -0.0000000603. The molecule has 0 amide bonds. The van der Waals surface area contributed by atoms with Gasteiger partial charge < -0.3 is 0 Å². The van der Waals surface area contributed by atoms with Crippen molar-refractivity contribution in [2.24, 2.45) is 0 Å². The van der Waals surface area contributed by atoms with Crippen molar-refractivity contribution in [1.82, 2.24) is 0 Å². The molecule has 0 aliphatic rings. The lowest BCUT2D eigenvalue weighted by atomic mass is 10.3. The first-order valence-electron chi connectivity index (χ1n) is 4.58. The molecule has 14 heavy (non-hydrogen) atoms. The Morgan fingerprint density at radius 1 is 1.14 bits per heavy atom. The maximum atomic E-state index is 9.50. The summed E-state index contributed by atoms with van der Waals surface area (Å²) in [5, 5.41) is 0.